The Balaban J connectivity index is 4.37. The number of aliphatic carboxylic acids is 1. The van der Waals surface area contributed by atoms with Crippen LogP contribution in [0.15, 0.2) is 72.9 Å². The van der Waals surface area contributed by atoms with Crippen molar-refractivity contribution < 1.29 is 38.2 Å². The highest BCUT2D eigenvalue weighted by Gasteiger charge is 2.25. The summed E-state index contributed by atoms with van der Waals surface area (Å²) in [6.07, 6.45) is 52.0. The standard InChI is InChI=1S/C51H87NO7/c1-6-8-10-12-14-16-18-20-22-24-25-26-28-30-32-34-36-38-40-42-50(54)59-47(45-57-44-43-48(51(55)56)52(3,4)5)46-58-49(53)41-39-37-35-33-31-29-27-23-21-19-17-15-13-11-9-7-2/h8,10,14,16-17,19-20,22-23,25-27,47-48H,6-7,9,11-13,15,18,21,24,28-46H2,1-5H3/b10-8-,16-14-,19-17-,22-20-,26-25-,27-23-. The van der Waals surface area contributed by atoms with E-state index in [0.29, 0.717) is 12.8 Å². The van der Waals surface area contributed by atoms with Crippen molar-refractivity contribution in [2.75, 3.05) is 41.0 Å². The van der Waals surface area contributed by atoms with Crippen LogP contribution in [-0.2, 0) is 28.6 Å². The van der Waals surface area contributed by atoms with Crippen LogP contribution >= 0.6 is 0 Å². The summed E-state index contributed by atoms with van der Waals surface area (Å²) in [7, 11) is 5.39. The van der Waals surface area contributed by atoms with Crippen molar-refractivity contribution in [3.63, 3.8) is 0 Å². The lowest BCUT2D eigenvalue weighted by Crippen LogP contribution is -2.55. The van der Waals surface area contributed by atoms with Gasteiger partial charge < -0.3 is 28.6 Å². The van der Waals surface area contributed by atoms with Gasteiger partial charge in [0.15, 0.2) is 6.10 Å². The zero-order chi connectivity index (χ0) is 43.5. The Bertz CT molecular complexity index is 1190. The summed E-state index contributed by atoms with van der Waals surface area (Å²) in [6.45, 7) is 4.50. The van der Waals surface area contributed by atoms with Crippen LogP contribution in [0, 0.1) is 0 Å². The fourth-order valence-electron chi connectivity index (χ4n) is 6.44. The molecule has 0 radical (unpaired) electrons. The molecule has 0 amide bonds. The molecule has 0 heterocycles. The monoisotopic (exact) mass is 826 g/mol. The summed E-state index contributed by atoms with van der Waals surface area (Å²) in [6, 6.07) is -0.734. The second-order valence-corrected chi connectivity index (χ2v) is 16.6. The number of hydrogen-bond donors (Lipinski definition) is 0. The van der Waals surface area contributed by atoms with Crippen LogP contribution in [0.2, 0.25) is 0 Å². The van der Waals surface area contributed by atoms with Crippen LogP contribution in [0.5, 0.6) is 0 Å². The Kier molecular flexibility index (Phi) is 39.2. The van der Waals surface area contributed by atoms with Crippen LogP contribution in [0.3, 0.4) is 0 Å². The van der Waals surface area contributed by atoms with Gasteiger partial charge in [0.2, 0.25) is 0 Å². The fourth-order valence-corrected chi connectivity index (χ4v) is 6.44. The molecule has 2 unspecified atom stereocenters. The van der Waals surface area contributed by atoms with Crippen molar-refractivity contribution in [1.29, 1.82) is 0 Å². The summed E-state index contributed by atoms with van der Waals surface area (Å²) >= 11 is 0. The number of quaternary nitrogens is 1. The lowest BCUT2D eigenvalue weighted by atomic mass is 10.1. The summed E-state index contributed by atoms with van der Waals surface area (Å²) in [4.78, 5) is 36.9. The number of unbranched alkanes of at least 4 members (excludes halogenated alkanes) is 15. The molecule has 0 aromatic carbocycles. The van der Waals surface area contributed by atoms with Crippen LogP contribution in [-0.4, -0.2) is 75.5 Å². The number of ether oxygens (including phenoxy) is 3. The first-order valence-corrected chi connectivity index (χ1v) is 23.5. The van der Waals surface area contributed by atoms with Crippen molar-refractivity contribution >= 4 is 17.9 Å². The van der Waals surface area contributed by atoms with Crippen LogP contribution in [0.4, 0.5) is 0 Å². The zero-order valence-electron chi connectivity index (χ0n) is 38.4. The Morgan fingerprint density at radius 3 is 1.41 bits per heavy atom. The molecule has 0 saturated heterocycles. The molecule has 0 saturated carbocycles. The van der Waals surface area contributed by atoms with E-state index in [1.807, 2.05) is 0 Å². The van der Waals surface area contributed by atoms with E-state index < -0.39 is 18.1 Å². The largest absolute Gasteiger partial charge is 0.544 e. The summed E-state index contributed by atoms with van der Waals surface area (Å²) in [5, 5.41) is 11.6. The molecule has 8 heteroatoms. The molecule has 0 fully saturated rings. The predicted molar refractivity (Wildman–Crippen MR) is 245 cm³/mol. The highest BCUT2D eigenvalue weighted by atomic mass is 16.6. The predicted octanol–water partition coefficient (Wildman–Crippen LogP) is 11.8. The van der Waals surface area contributed by atoms with E-state index in [0.717, 1.165) is 103 Å². The van der Waals surface area contributed by atoms with Gasteiger partial charge in [-0.25, -0.2) is 0 Å². The minimum atomic E-state index is -1.13. The first-order valence-electron chi connectivity index (χ1n) is 23.5. The molecular weight excluding hydrogens is 739 g/mol. The third-order valence-corrected chi connectivity index (χ3v) is 10.1. The molecule has 0 bridgehead atoms. The molecule has 0 rings (SSSR count). The van der Waals surface area contributed by atoms with Crippen molar-refractivity contribution in [2.24, 2.45) is 0 Å². The first kappa shape index (κ1) is 55.8. The topological polar surface area (TPSA) is 102 Å². The summed E-state index contributed by atoms with van der Waals surface area (Å²) in [5.41, 5.74) is 0. The van der Waals surface area contributed by atoms with E-state index in [1.54, 1.807) is 21.1 Å². The maximum Gasteiger partial charge on any atom is 0.306 e. The normalized spacial score (nSPS) is 13.6. The third kappa shape index (κ3) is 40.0. The molecule has 0 spiro atoms. The van der Waals surface area contributed by atoms with E-state index in [4.69, 9.17) is 14.2 Å². The van der Waals surface area contributed by atoms with Gasteiger partial charge in [-0.1, -0.05) is 151 Å². The average molecular weight is 826 g/mol. The maximum atomic E-state index is 12.7. The van der Waals surface area contributed by atoms with Gasteiger partial charge in [0.1, 0.15) is 12.6 Å². The van der Waals surface area contributed by atoms with Gasteiger partial charge in [-0.2, -0.15) is 0 Å². The molecule has 8 nitrogen and oxygen atoms in total. The van der Waals surface area contributed by atoms with E-state index in [2.05, 4.69) is 86.8 Å². The number of allylic oxidation sites excluding steroid dienone is 12. The van der Waals surface area contributed by atoms with Gasteiger partial charge in [0, 0.05) is 19.3 Å². The molecule has 59 heavy (non-hydrogen) atoms. The SMILES string of the molecule is CC/C=C\C/C=C\C/C=C\C/C=C\CCCCCCCCC(=O)OC(COCCC(C(=O)[O-])[N+](C)(C)C)COC(=O)CCCCCCC/C=C\C/C=C\CCCCCC. The van der Waals surface area contributed by atoms with Gasteiger partial charge in [0.25, 0.3) is 0 Å². The smallest absolute Gasteiger partial charge is 0.306 e. The zero-order valence-corrected chi connectivity index (χ0v) is 38.4. The van der Waals surface area contributed by atoms with Crippen molar-refractivity contribution in [3.05, 3.63) is 72.9 Å². The molecule has 0 aliphatic rings. The Labute approximate surface area is 361 Å². The second-order valence-electron chi connectivity index (χ2n) is 16.6. The number of rotatable bonds is 41. The molecule has 0 N–H and O–H groups in total. The Morgan fingerprint density at radius 1 is 0.525 bits per heavy atom. The fraction of sp³-hybridized carbons (Fsp3) is 0.706. The average Bonchev–Trinajstić information content (AvgIpc) is 3.19. The van der Waals surface area contributed by atoms with Crippen molar-refractivity contribution in [3.8, 4) is 0 Å². The van der Waals surface area contributed by atoms with Gasteiger partial charge in [-0.3, -0.25) is 9.59 Å². The number of carbonyl (C=O) groups excluding carboxylic acids is 3. The number of carboxylic acids is 1. The van der Waals surface area contributed by atoms with Gasteiger partial charge >= 0.3 is 11.9 Å². The lowest BCUT2D eigenvalue weighted by molar-refractivity contribution is -0.889. The highest BCUT2D eigenvalue weighted by Crippen LogP contribution is 2.13. The molecule has 0 aromatic heterocycles. The quantitative estimate of drug-likeness (QED) is 0.0262. The van der Waals surface area contributed by atoms with Crippen molar-refractivity contribution in [2.45, 2.75) is 193 Å². The molecule has 0 aliphatic carbocycles. The van der Waals surface area contributed by atoms with E-state index >= 15 is 0 Å². The lowest BCUT2D eigenvalue weighted by Gasteiger charge is -2.34. The Morgan fingerprint density at radius 2 is 0.949 bits per heavy atom. The van der Waals surface area contributed by atoms with Crippen molar-refractivity contribution in [1.82, 2.24) is 0 Å². The molecule has 0 aromatic rings. The van der Waals surface area contributed by atoms with Crippen LogP contribution < -0.4 is 5.11 Å². The first-order chi connectivity index (χ1) is 28.6. The summed E-state index contributed by atoms with van der Waals surface area (Å²) in [5.74, 6) is -1.78. The minimum absolute atomic E-state index is 0.0268. The van der Waals surface area contributed by atoms with Crippen LogP contribution in [0.25, 0.3) is 0 Å². The minimum Gasteiger partial charge on any atom is -0.544 e. The number of likely N-dealkylation sites (N-methyl/N-ethyl adjacent to an activating group) is 1. The molecule has 0 aliphatic heterocycles. The maximum absolute atomic E-state index is 12.7. The number of nitrogens with zero attached hydrogens (tertiary/aromatic N) is 1. The van der Waals surface area contributed by atoms with Gasteiger partial charge in [-0.05, 0) is 83.5 Å². The van der Waals surface area contributed by atoms with Crippen LogP contribution in [0.1, 0.15) is 181 Å². The number of carbonyl (C=O) groups is 3. The second kappa shape index (κ2) is 41.5. The molecule has 2 atom stereocenters. The van der Waals surface area contributed by atoms with Gasteiger partial charge in [0.05, 0.1) is 40.3 Å². The number of esters is 2. The Hall–Kier alpha value is -3.23. The van der Waals surface area contributed by atoms with E-state index in [9.17, 15) is 19.5 Å². The molecule has 338 valence electrons. The van der Waals surface area contributed by atoms with E-state index in [-0.39, 0.29) is 42.7 Å². The molecular formula is C51H87NO7. The number of hydrogen-bond acceptors (Lipinski definition) is 7. The number of carboxylic acid groups (broad SMARTS) is 1. The summed E-state index contributed by atoms with van der Waals surface area (Å²) < 4.78 is 17.2. The highest BCUT2D eigenvalue weighted by molar-refractivity contribution is 5.70. The third-order valence-electron chi connectivity index (χ3n) is 10.1. The van der Waals surface area contributed by atoms with Gasteiger partial charge in [-0.15, -0.1) is 0 Å². The van der Waals surface area contributed by atoms with E-state index in [1.165, 1.54) is 44.9 Å².